The summed E-state index contributed by atoms with van der Waals surface area (Å²) in [5.41, 5.74) is 6.34. The van der Waals surface area contributed by atoms with Crippen LogP contribution in [0.15, 0.2) is 48.5 Å². The molecule has 0 aliphatic carbocycles. The number of methoxy groups -OCH3 is 1. The zero-order chi connectivity index (χ0) is 21.1. The fraction of sp³-hybridized carbons (Fsp3) is 0.391. The Morgan fingerprint density at radius 2 is 1.72 bits per heavy atom. The lowest BCUT2D eigenvalue weighted by Crippen LogP contribution is -2.44. The third-order valence-corrected chi connectivity index (χ3v) is 4.58. The zero-order valence-corrected chi connectivity index (χ0v) is 17.4. The highest BCUT2D eigenvalue weighted by atomic mass is 16.5. The molecule has 2 aromatic rings. The van der Waals surface area contributed by atoms with Crippen LogP contribution >= 0.6 is 0 Å². The van der Waals surface area contributed by atoms with Gasteiger partial charge in [0.1, 0.15) is 0 Å². The Bertz CT molecular complexity index is 793. The van der Waals surface area contributed by atoms with Crippen molar-refractivity contribution in [3.8, 4) is 11.5 Å². The summed E-state index contributed by atoms with van der Waals surface area (Å²) in [5.74, 6) is 0.102. The van der Waals surface area contributed by atoms with E-state index in [-0.39, 0.29) is 11.8 Å². The molecule has 0 bridgehead atoms. The molecule has 6 nitrogen and oxygen atoms in total. The van der Waals surface area contributed by atoms with Gasteiger partial charge in [-0.05, 0) is 36.6 Å². The molecule has 0 saturated carbocycles. The summed E-state index contributed by atoms with van der Waals surface area (Å²) in [7, 11) is 1.53. The van der Waals surface area contributed by atoms with Gasteiger partial charge in [0, 0.05) is 5.56 Å². The average molecular weight is 399 g/mol. The maximum Gasteiger partial charge on any atom is 0.269 e. The summed E-state index contributed by atoms with van der Waals surface area (Å²) in [6.07, 6.45) is 3.53. The second-order valence-corrected chi connectivity index (χ2v) is 6.76. The van der Waals surface area contributed by atoms with Crippen LogP contribution in [0.3, 0.4) is 0 Å². The molecule has 0 radical (unpaired) electrons. The average Bonchev–Trinajstić information content (AvgIpc) is 2.76. The van der Waals surface area contributed by atoms with Gasteiger partial charge >= 0.3 is 0 Å². The summed E-state index contributed by atoms with van der Waals surface area (Å²) in [6.45, 7) is 4.70. The van der Waals surface area contributed by atoms with E-state index in [1.807, 2.05) is 37.3 Å². The van der Waals surface area contributed by atoms with E-state index >= 15 is 0 Å². The van der Waals surface area contributed by atoms with Crippen LogP contribution in [0.4, 0.5) is 0 Å². The van der Waals surface area contributed by atoms with Gasteiger partial charge in [0.2, 0.25) is 5.91 Å². The summed E-state index contributed by atoms with van der Waals surface area (Å²) in [5, 5.41) is 0. The van der Waals surface area contributed by atoms with E-state index in [0.29, 0.717) is 30.1 Å². The fourth-order valence-corrected chi connectivity index (χ4v) is 2.96. The van der Waals surface area contributed by atoms with Gasteiger partial charge in [0.05, 0.1) is 19.6 Å². The number of benzene rings is 2. The molecule has 2 amide bonds. The normalized spacial score (nSPS) is 11.4. The molecule has 1 unspecified atom stereocenters. The molecule has 0 aromatic heterocycles. The monoisotopic (exact) mass is 398 g/mol. The topological polar surface area (TPSA) is 76.7 Å². The van der Waals surface area contributed by atoms with Gasteiger partial charge in [-0.2, -0.15) is 0 Å². The number of carbonyl (C=O) groups is 2. The summed E-state index contributed by atoms with van der Waals surface area (Å²) >= 11 is 0. The van der Waals surface area contributed by atoms with Gasteiger partial charge in [-0.25, -0.2) is 0 Å². The van der Waals surface area contributed by atoms with Crippen molar-refractivity contribution in [2.75, 3.05) is 13.7 Å². The number of hydrazine groups is 1. The minimum atomic E-state index is -0.417. The molecule has 2 aromatic carbocycles. The number of nitrogens with one attached hydrogen (secondary N) is 2. The quantitative estimate of drug-likeness (QED) is 0.464. The molecule has 0 saturated heterocycles. The van der Waals surface area contributed by atoms with Crippen LogP contribution < -0.4 is 20.3 Å². The Morgan fingerprint density at radius 3 is 2.38 bits per heavy atom. The van der Waals surface area contributed by atoms with Crippen LogP contribution in [0, 0.1) is 0 Å². The maximum absolute atomic E-state index is 12.6. The largest absolute Gasteiger partial charge is 0.493 e. The van der Waals surface area contributed by atoms with E-state index in [0.717, 1.165) is 24.8 Å². The van der Waals surface area contributed by atoms with Gasteiger partial charge in [-0.15, -0.1) is 0 Å². The molecule has 29 heavy (non-hydrogen) atoms. The molecule has 156 valence electrons. The third kappa shape index (κ3) is 6.52. The Balaban J connectivity index is 2.01. The first-order chi connectivity index (χ1) is 14.1. The van der Waals surface area contributed by atoms with E-state index in [1.165, 1.54) is 7.11 Å². The van der Waals surface area contributed by atoms with Gasteiger partial charge in [-0.1, -0.05) is 57.0 Å². The predicted octanol–water partition coefficient (Wildman–Crippen LogP) is 4.22. The Kier molecular flexibility index (Phi) is 9.02. The highest BCUT2D eigenvalue weighted by Crippen LogP contribution is 2.28. The number of unbranched alkanes of at least 4 members (excludes halogenated alkanes) is 1. The van der Waals surface area contributed by atoms with Crippen LogP contribution in [0.2, 0.25) is 0 Å². The summed E-state index contributed by atoms with van der Waals surface area (Å²) in [6, 6.07) is 14.5. The van der Waals surface area contributed by atoms with Crippen molar-refractivity contribution in [2.45, 2.75) is 45.4 Å². The molecular weight excluding hydrogens is 368 g/mol. The van der Waals surface area contributed by atoms with E-state index in [2.05, 4.69) is 17.8 Å². The first-order valence-electron chi connectivity index (χ1n) is 10.1. The van der Waals surface area contributed by atoms with Gasteiger partial charge < -0.3 is 9.47 Å². The second kappa shape index (κ2) is 11.7. The summed E-state index contributed by atoms with van der Waals surface area (Å²) in [4.78, 5) is 25.1. The SMILES string of the molecule is CCCCOc1ccc(C(=O)NNC(=O)C(CCC)c2ccccc2)cc1OC. The number of amides is 2. The van der Waals surface area contributed by atoms with Crippen molar-refractivity contribution < 1.29 is 19.1 Å². The number of ether oxygens (including phenoxy) is 2. The van der Waals surface area contributed by atoms with Crippen LogP contribution in [0.25, 0.3) is 0 Å². The second-order valence-electron chi connectivity index (χ2n) is 6.76. The van der Waals surface area contributed by atoms with Crippen molar-refractivity contribution in [1.29, 1.82) is 0 Å². The molecular formula is C23H30N2O4. The number of hydrogen-bond donors (Lipinski definition) is 2. The number of hydrogen-bond acceptors (Lipinski definition) is 4. The van der Waals surface area contributed by atoms with Crippen molar-refractivity contribution in [2.24, 2.45) is 0 Å². The van der Waals surface area contributed by atoms with Crippen LogP contribution in [0.1, 0.15) is 61.4 Å². The van der Waals surface area contributed by atoms with E-state index in [9.17, 15) is 9.59 Å². The fourth-order valence-electron chi connectivity index (χ4n) is 2.96. The molecule has 6 heteroatoms. The van der Waals surface area contributed by atoms with Crippen molar-refractivity contribution in [1.82, 2.24) is 10.9 Å². The van der Waals surface area contributed by atoms with Gasteiger partial charge in [0.25, 0.3) is 5.91 Å². The molecule has 2 rings (SSSR count). The van der Waals surface area contributed by atoms with Crippen molar-refractivity contribution in [3.05, 3.63) is 59.7 Å². The van der Waals surface area contributed by atoms with Gasteiger partial charge in [-0.3, -0.25) is 20.4 Å². The van der Waals surface area contributed by atoms with Crippen LogP contribution in [-0.4, -0.2) is 25.5 Å². The molecule has 0 aliphatic heterocycles. The van der Waals surface area contributed by atoms with Gasteiger partial charge in [0.15, 0.2) is 11.5 Å². The predicted molar refractivity (Wildman–Crippen MR) is 113 cm³/mol. The standard InChI is InChI=1S/C23H30N2O4/c1-4-6-15-29-20-14-13-18(16-21(20)28-3)22(26)24-25-23(27)19(10-5-2)17-11-8-7-9-12-17/h7-9,11-14,16,19H,4-6,10,15H2,1-3H3,(H,24,26)(H,25,27). The highest BCUT2D eigenvalue weighted by molar-refractivity contribution is 5.96. The van der Waals surface area contributed by atoms with Crippen molar-refractivity contribution >= 4 is 11.8 Å². The Morgan fingerprint density at radius 1 is 0.966 bits per heavy atom. The van der Waals surface area contributed by atoms with Crippen LogP contribution in [0.5, 0.6) is 11.5 Å². The van der Waals surface area contributed by atoms with Crippen LogP contribution in [-0.2, 0) is 4.79 Å². The maximum atomic E-state index is 12.6. The lowest BCUT2D eigenvalue weighted by atomic mass is 9.94. The minimum absolute atomic E-state index is 0.238. The Labute approximate surface area is 172 Å². The lowest BCUT2D eigenvalue weighted by Gasteiger charge is -2.17. The highest BCUT2D eigenvalue weighted by Gasteiger charge is 2.20. The molecule has 0 fully saturated rings. The first-order valence-corrected chi connectivity index (χ1v) is 10.1. The smallest absolute Gasteiger partial charge is 0.269 e. The minimum Gasteiger partial charge on any atom is -0.493 e. The number of rotatable bonds is 10. The van der Waals surface area contributed by atoms with E-state index in [1.54, 1.807) is 18.2 Å². The van der Waals surface area contributed by atoms with E-state index in [4.69, 9.17) is 9.47 Å². The van der Waals surface area contributed by atoms with Crippen molar-refractivity contribution in [3.63, 3.8) is 0 Å². The Hall–Kier alpha value is -3.02. The zero-order valence-electron chi connectivity index (χ0n) is 17.4. The van der Waals surface area contributed by atoms with E-state index < -0.39 is 5.91 Å². The first kappa shape index (κ1) is 22.3. The molecule has 0 aliphatic rings. The summed E-state index contributed by atoms with van der Waals surface area (Å²) < 4.78 is 11.0. The molecule has 1 atom stereocenters. The molecule has 0 spiro atoms. The molecule has 0 heterocycles. The lowest BCUT2D eigenvalue weighted by molar-refractivity contribution is -0.123. The third-order valence-electron chi connectivity index (χ3n) is 4.58. The number of carbonyl (C=O) groups excluding carboxylic acids is 2. The molecule has 2 N–H and O–H groups in total.